The van der Waals surface area contributed by atoms with Crippen molar-refractivity contribution in [2.24, 2.45) is 0 Å². The monoisotopic (exact) mass is 287 g/mol. The Balaban J connectivity index is 2.21. The number of methoxy groups -OCH3 is 1. The molecule has 0 spiro atoms. The molecular formula is C12H17NO5S. The Morgan fingerprint density at radius 3 is 2.68 bits per heavy atom. The fraction of sp³-hybridized carbons (Fsp3) is 0.500. The van der Waals surface area contributed by atoms with Gasteiger partial charge in [0.1, 0.15) is 13.2 Å². The van der Waals surface area contributed by atoms with Crippen LogP contribution in [-0.2, 0) is 14.8 Å². The van der Waals surface area contributed by atoms with Crippen molar-refractivity contribution in [3.05, 3.63) is 18.2 Å². The van der Waals surface area contributed by atoms with Crippen molar-refractivity contribution in [1.82, 2.24) is 4.72 Å². The number of nitrogens with one attached hydrogen (secondary N) is 1. The topological polar surface area (TPSA) is 73.9 Å². The van der Waals surface area contributed by atoms with E-state index in [0.29, 0.717) is 31.3 Å². The summed E-state index contributed by atoms with van der Waals surface area (Å²) in [6, 6.07) is 4.26. The average molecular weight is 287 g/mol. The van der Waals surface area contributed by atoms with Gasteiger partial charge in [-0.2, -0.15) is 0 Å². The molecule has 1 N–H and O–H groups in total. The predicted molar refractivity (Wildman–Crippen MR) is 69.1 cm³/mol. The molecule has 106 valence electrons. The van der Waals surface area contributed by atoms with Gasteiger partial charge < -0.3 is 14.2 Å². The number of ether oxygens (including phenoxy) is 3. The molecule has 7 heteroatoms. The van der Waals surface area contributed by atoms with Crippen LogP contribution in [0.25, 0.3) is 0 Å². The first-order chi connectivity index (χ1) is 9.03. The van der Waals surface area contributed by atoms with E-state index in [1.807, 2.05) is 0 Å². The zero-order valence-corrected chi connectivity index (χ0v) is 11.7. The van der Waals surface area contributed by atoms with Crippen molar-refractivity contribution in [2.75, 3.05) is 26.9 Å². The quantitative estimate of drug-likeness (QED) is 0.866. The molecule has 1 aliphatic rings. The molecule has 0 saturated carbocycles. The smallest absolute Gasteiger partial charge is 0.241 e. The highest BCUT2D eigenvalue weighted by molar-refractivity contribution is 7.89. The fourth-order valence-corrected chi connectivity index (χ4v) is 3.05. The fourth-order valence-electron chi connectivity index (χ4n) is 1.81. The second-order valence-corrected chi connectivity index (χ2v) is 6.00. The molecule has 1 unspecified atom stereocenters. The Morgan fingerprint density at radius 2 is 2.00 bits per heavy atom. The van der Waals surface area contributed by atoms with E-state index in [4.69, 9.17) is 14.2 Å². The average Bonchev–Trinajstić information content (AvgIpc) is 2.37. The van der Waals surface area contributed by atoms with Gasteiger partial charge in [-0.15, -0.1) is 0 Å². The second-order valence-electron chi connectivity index (χ2n) is 4.28. The predicted octanol–water partition coefficient (Wildman–Crippen LogP) is 0.771. The molecule has 0 radical (unpaired) electrons. The SMILES string of the molecule is COCC(C)NS(=O)(=O)c1ccc2c(c1)OCCO2. The molecule has 1 aliphatic heterocycles. The van der Waals surface area contributed by atoms with E-state index >= 15 is 0 Å². The van der Waals surface area contributed by atoms with Crippen molar-refractivity contribution in [3.8, 4) is 11.5 Å². The van der Waals surface area contributed by atoms with Crippen LogP contribution >= 0.6 is 0 Å². The summed E-state index contributed by atoms with van der Waals surface area (Å²) in [5, 5.41) is 0. The van der Waals surface area contributed by atoms with Gasteiger partial charge in [0.2, 0.25) is 10.0 Å². The summed E-state index contributed by atoms with van der Waals surface area (Å²) < 4.78 is 42.4. The van der Waals surface area contributed by atoms with E-state index in [1.165, 1.54) is 19.2 Å². The van der Waals surface area contributed by atoms with Crippen molar-refractivity contribution < 1.29 is 22.6 Å². The first kappa shape index (κ1) is 14.1. The normalized spacial score (nSPS) is 16.1. The Hall–Kier alpha value is -1.31. The van der Waals surface area contributed by atoms with Gasteiger partial charge in [0, 0.05) is 19.2 Å². The molecule has 0 bridgehead atoms. The number of rotatable bonds is 5. The van der Waals surface area contributed by atoms with Gasteiger partial charge in [-0.1, -0.05) is 0 Å². The van der Waals surface area contributed by atoms with Gasteiger partial charge in [0.25, 0.3) is 0 Å². The summed E-state index contributed by atoms with van der Waals surface area (Å²) in [6.45, 7) is 2.94. The molecule has 6 nitrogen and oxygen atoms in total. The Labute approximate surface area is 112 Å². The molecule has 0 amide bonds. The van der Waals surface area contributed by atoms with Crippen LogP contribution in [0.3, 0.4) is 0 Å². The van der Waals surface area contributed by atoms with Crippen LogP contribution in [0.1, 0.15) is 6.92 Å². The van der Waals surface area contributed by atoms with Gasteiger partial charge in [0.05, 0.1) is 11.5 Å². The van der Waals surface area contributed by atoms with E-state index in [-0.39, 0.29) is 10.9 Å². The first-order valence-electron chi connectivity index (χ1n) is 5.94. The highest BCUT2D eigenvalue weighted by Gasteiger charge is 2.21. The van der Waals surface area contributed by atoms with Crippen LogP contribution in [0.15, 0.2) is 23.1 Å². The van der Waals surface area contributed by atoms with Crippen LogP contribution < -0.4 is 14.2 Å². The van der Waals surface area contributed by atoms with Crippen LogP contribution in [0.4, 0.5) is 0 Å². The number of hydrogen-bond donors (Lipinski definition) is 1. The van der Waals surface area contributed by atoms with Crippen LogP contribution in [-0.4, -0.2) is 41.4 Å². The minimum absolute atomic E-state index is 0.153. The maximum Gasteiger partial charge on any atom is 0.241 e. The third kappa shape index (κ3) is 3.37. The standard InChI is InChI=1S/C12H17NO5S/c1-9(8-16-2)13-19(14,15)10-3-4-11-12(7-10)18-6-5-17-11/h3-4,7,9,13H,5-6,8H2,1-2H3. The molecule has 1 heterocycles. The van der Waals surface area contributed by atoms with E-state index in [2.05, 4.69) is 4.72 Å². The van der Waals surface area contributed by atoms with Gasteiger partial charge in [-0.3, -0.25) is 0 Å². The zero-order valence-electron chi connectivity index (χ0n) is 10.9. The second kappa shape index (κ2) is 5.77. The number of fused-ring (bicyclic) bond motifs is 1. The first-order valence-corrected chi connectivity index (χ1v) is 7.42. The lowest BCUT2D eigenvalue weighted by Crippen LogP contribution is -2.35. The molecule has 0 aromatic heterocycles. The molecule has 0 saturated heterocycles. The molecule has 0 aliphatic carbocycles. The largest absolute Gasteiger partial charge is 0.486 e. The molecule has 2 rings (SSSR count). The Morgan fingerprint density at radius 1 is 1.32 bits per heavy atom. The third-order valence-corrected chi connectivity index (χ3v) is 4.18. The van der Waals surface area contributed by atoms with Crippen LogP contribution in [0, 0.1) is 0 Å². The summed E-state index contributed by atoms with van der Waals surface area (Å²) >= 11 is 0. The maximum atomic E-state index is 12.1. The Bertz CT molecular complexity index is 543. The van der Waals surface area contributed by atoms with Crippen LogP contribution in [0.5, 0.6) is 11.5 Å². The lowest BCUT2D eigenvalue weighted by Gasteiger charge is -2.19. The lowest BCUT2D eigenvalue weighted by atomic mass is 10.3. The van der Waals surface area contributed by atoms with Crippen molar-refractivity contribution in [2.45, 2.75) is 17.9 Å². The highest BCUT2D eigenvalue weighted by Crippen LogP contribution is 2.32. The van der Waals surface area contributed by atoms with Gasteiger partial charge in [-0.25, -0.2) is 13.1 Å². The number of hydrogen-bond acceptors (Lipinski definition) is 5. The van der Waals surface area contributed by atoms with Gasteiger partial charge in [-0.05, 0) is 19.1 Å². The van der Waals surface area contributed by atoms with E-state index in [1.54, 1.807) is 13.0 Å². The molecule has 19 heavy (non-hydrogen) atoms. The molecular weight excluding hydrogens is 270 g/mol. The molecule has 0 fully saturated rings. The van der Waals surface area contributed by atoms with E-state index in [9.17, 15) is 8.42 Å². The lowest BCUT2D eigenvalue weighted by molar-refractivity contribution is 0.171. The van der Waals surface area contributed by atoms with Crippen molar-refractivity contribution in [3.63, 3.8) is 0 Å². The third-order valence-electron chi connectivity index (χ3n) is 2.60. The maximum absolute atomic E-state index is 12.1. The summed E-state index contributed by atoms with van der Waals surface area (Å²) in [4.78, 5) is 0.153. The summed E-state index contributed by atoms with van der Waals surface area (Å²) in [7, 11) is -2.06. The van der Waals surface area contributed by atoms with Crippen molar-refractivity contribution in [1.29, 1.82) is 0 Å². The van der Waals surface area contributed by atoms with Gasteiger partial charge >= 0.3 is 0 Å². The Kier molecular flexibility index (Phi) is 4.28. The zero-order chi connectivity index (χ0) is 13.9. The van der Waals surface area contributed by atoms with E-state index < -0.39 is 10.0 Å². The number of benzene rings is 1. The molecule has 1 atom stereocenters. The minimum Gasteiger partial charge on any atom is -0.486 e. The summed E-state index contributed by atoms with van der Waals surface area (Å²) in [5.74, 6) is 1.02. The molecule has 1 aromatic carbocycles. The number of sulfonamides is 1. The summed E-state index contributed by atoms with van der Waals surface area (Å²) in [6.07, 6.45) is 0. The van der Waals surface area contributed by atoms with Gasteiger partial charge in [0.15, 0.2) is 11.5 Å². The van der Waals surface area contributed by atoms with Crippen molar-refractivity contribution >= 4 is 10.0 Å². The minimum atomic E-state index is -3.58. The highest BCUT2D eigenvalue weighted by atomic mass is 32.2. The summed E-state index contributed by atoms with van der Waals surface area (Å²) in [5.41, 5.74) is 0. The van der Waals surface area contributed by atoms with E-state index in [0.717, 1.165) is 0 Å². The molecule has 1 aromatic rings. The van der Waals surface area contributed by atoms with Crippen LogP contribution in [0.2, 0.25) is 0 Å².